The zero-order valence-electron chi connectivity index (χ0n) is 18.1. The minimum Gasteiger partial charge on any atom is -0.493 e. The Balaban J connectivity index is 1.56. The lowest BCUT2D eigenvalue weighted by Crippen LogP contribution is -2.22. The van der Waals surface area contributed by atoms with Gasteiger partial charge in [-0.25, -0.2) is 0 Å². The van der Waals surface area contributed by atoms with Crippen LogP contribution >= 0.6 is 0 Å². The largest absolute Gasteiger partial charge is 0.493 e. The van der Waals surface area contributed by atoms with Crippen LogP contribution in [-0.4, -0.2) is 32.6 Å². The molecular formula is C25H22N2O6. The van der Waals surface area contributed by atoms with Gasteiger partial charge in [-0.2, -0.15) is 0 Å². The highest BCUT2D eigenvalue weighted by Crippen LogP contribution is 2.33. The van der Waals surface area contributed by atoms with E-state index in [4.69, 9.17) is 18.6 Å². The van der Waals surface area contributed by atoms with E-state index in [2.05, 4.69) is 10.6 Å². The summed E-state index contributed by atoms with van der Waals surface area (Å²) in [6.07, 6.45) is 0. The van der Waals surface area contributed by atoms with E-state index in [-0.39, 0.29) is 18.1 Å². The van der Waals surface area contributed by atoms with Crippen LogP contribution in [0.1, 0.15) is 10.6 Å². The maximum Gasteiger partial charge on any atom is 0.293 e. The van der Waals surface area contributed by atoms with Crippen LogP contribution in [0.25, 0.3) is 11.0 Å². The third-order valence-electron chi connectivity index (χ3n) is 4.82. The first-order valence-electron chi connectivity index (χ1n) is 10.1. The van der Waals surface area contributed by atoms with Crippen LogP contribution < -0.4 is 24.8 Å². The van der Waals surface area contributed by atoms with Crippen LogP contribution in [0.4, 0.5) is 11.4 Å². The molecule has 1 heterocycles. The Morgan fingerprint density at radius 3 is 2.33 bits per heavy atom. The summed E-state index contributed by atoms with van der Waals surface area (Å²) in [6, 6.07) is 21.0. The van der Waals surface area contributed by atoms with E-state index in [1.165, 1.54) is 14.2 Å². The fourth-order valence-electron chi connectivity index (χ4n) is 3.27. The van der Waals surface area contributed by atoms with E-state index in [1.807, 2.05) is 18.2 Å². The Hall–Kier alpha value is -4.46. The third kappa shape index (κ3) is 4.90. The normalized spacial score (nSPS) is 10.5. The van der Waals surface area contributed by atoms with Crippen molar-refractivity contribution in [2.24, 2.45) is 0 Å². The quantitative estimate of drug-likeness (QED) is 0.406. The predicted molar refractivity (Wildman–Crippen MR) is 124 cm³/mol. The summed E-state index contributed by atoms with van der Waals surface area (Å²) < 4.78 is 21.8. The molecule has 0 spiro atoms. The number of methoxy groups -OCH3 is 2. The lowest BCUT2D eigenvalue weighted by Gasteiger charge is -2.11. The lowest BCUT2D eigenvalue weighted by atomic mass is 10.2. The minimum absolute atomic E-state index is 0.0287. The highest BCUT2D eigenvalue weighted by Gasteiger charge is 2.23. The third-order valence-corrected chi connectivity index (χ3v) is 4.82. The number of amides is 2. The van der Waals surface area contributed by atoms with Gasteiger partial charge in [0.1, 0.15) is 17.0 Å². The molecular weight excluding hydrogens is 424 g/mol. The fraction of sp³-hybridized carbons (Fsp3) is 0.120. The molecule has 0 aliphatic carbocycles. The first-order valence-corrected chi connectivity index (χ1v) is 10.1. The lowest BCUT2D eigenvalue weighted by molar-refractivity contribution is -0.118. The molecule has 2 N–H and O–H groups in total. The number of ether oxygens (including phenoxy) is 3. The molecule has 8 nitrogen and oxygen atoms in total. The number of hydrogen-bond acceptors (Lipinski definition) is 6. The molecule has 8 heteroatoms. The van der Waals surface area contributed by atoms with E-state index in [0.717, 1.165) is 0 Å². The molecule has 0 fully saturated rings. The molecule has 0 aliphatic rings. The molecule has 168 valence electrons. The summed E-state index contributed by atoms with van der Waals surface area (Å²) in [5, 5.41) is 6.11. The number of nitrogens with one attached hydrogen (secondary N) is 2. The Bertz CT molecular complexity index is 1280. The van der Waals surface area contributed by atoms with Crippen molar-refractivity contribution in [3.8, 4) is 17.2 Å². The smallest absolute Gasteiger partial charge is 0.293 e. The van der Waals surface area contributed by atoms with Crippen LogP contribution in [0.3, 0.4) is 0 Å². The zero-order chi connectivity index (χ0) is 23.2. The highest BCUT2D eigenvalue weighted by atomic mass is 16.5. The number of carbonyl (C=O) groups is 2. The first kappa shape index (κ1) is 21.8. The molecule has 0 radical (unpaired) electrons. The van der Waals surface area contributed by atoms with E-state index in [0.29, 0.717) is 33.9 Å². The highest BCUT2D eigenvalue weighted by molar-refractivity contribution is 6.14. The van der Waals surface area contributed by atoms with Gasteiger partial charge in [-0.1, -0.05) is 30.3 Å². The Morgan fingerprint density at radius 2 is 1.58 bits per heavy atom. The molecule has 0 atom stereocenters. The second kappa shape index (κ2) is 9.78. The molecule has 4 rings (SSSR count). The Labute approximate surface area is 190 Å². The van der Waals surface area contributed by atoms with Gasteiger partial charge in [-0.3, -0.25) is 9.59 Å². The van der Waals surface area contributed by atoms with Crippen molar-refractivity contribution < 1.29 is 28.2 Å². The summed E-state index contributed by atoms with van der Waals surface area (Å²) in [5.41, 5.74) is 1.21. The molecule has 4 aromatic rings. The van der Waals surface area contributed by atoms with Gasteiger partial charge in [0.15, 0.2) is 18.1 Å². The second-order valence-electron chi connectivity index (χ2n) is 6.98. The fourth-order valence-corrected chi connectivity index (χ4v) is 3.27. The average Bonchev–Trinajstić information content (AvgIpc) is 3.21. The van der Waals surface area contributed by atoms with Gasteiger partial charge in [-0.15, -0.1) is 0 Å². The van der Waals surface area contributed by atoms with Gasteiger partial charge in [0.2, 0.25) is 5.76 Å². The second-order valence-corrected chi connectivity index (χ2v) is 6.98. The summed E-state index contributed by atoms with van der Waals surface area (Å²) in [4.78, 5) is 25.6. The van der Waals surface area contributed by atoms with Crippen molar-refractivity contribution in [3.63, 3.8) is 0 Å². The molecule has 3 aromatic carbocycles. The number of carbonyl (C=O) groups excluding carboxylic acids is 2. The molecule has 0 bridgehead atoms. The summed E-state index contributed by atoms with van der Waals surface area (Å²) in [7, 11) is 3.04. The van der Waals surface area contributed by atoms with Gasteiger partial charge in [-0.05, 0) is 36.4 Å². The van der Waals surface area contributed by atoms with Crippen molar-refractivity contribution in [1.82, 2.24) is 0 Å². The molecule has 0 saturated carbocycles. The molecule has 0 saturated heterocycles. The number of hydrogen-bond donors (Lipinski definition) is 2. The van der Waals surface area contributed by atoms with Crippen molar-refractivity contribution in [3.05, 3.63) is 78.6 Å². The van der Waals surface area contributed by atoms with Crippen molar-refractivity contribution in [1.29, 1.82) is 0 Å². The number of para-hydroxylation sites is 2. The number of benzene rings is 3. The minimum atomic E-state index is -0.530. The number of rotatable bonds is 8. The van der Waals surface area contributed by atoms with Gasteiger partial charge >= 0.3 is 0 Å². The zero-order valence-corrected chi connectivity index (χ0v) is 18.1. The van der Waals surface area contributed by atoms with Gasteiger partial charge in [0.05, 0.1) is 14.2 Å². The number of anilines is 2. The molecule has 1 aromatic heterocycles. The predicted octanol–water partition coefficient (Wildman–Crippen LogP) is 4.72. The Morgan fingerprint density at radius 1 is 0.848 bits per heavy atom. The average molecular weight is 446 g/mol. The maximum absolute atomic E-state index is 13.1. The summed E-state index contributed by atoms with van der Waals surface area (Å²) in [5.74, 6) is 0.579. The maximum atomic E-state index is 13.1. The summed E-state index contributed by atoms with van der Waals surface area (Å²) >= 11 is 0. The molecule has 2 amide bonds. The van der Waals surface area contributed by atoms with Crippen LogP contribution in [0.5, 0.6) is 17.2 Å². The summed E-state index contributed by atoms with van der Waals surface area (Å²) in [6.45, 7) is -0.222. The van der Waals surface area contributed by atoms with Crippen LogP contribution in [-0.2, 0) is 4.79 Å². The van der Waals surface area contributed by atoms with Crippen molar-refractivity contribution >= 4 is 34.2 Å². The first-order chi connectivity index (χ1) is 16.1. The van der Waals surface area contributed by atoms with Crippen LogP contribution in [0.15, 0.2) is 77.2 Å². The van der Waals surface area contributed by atoms with Crippen LogP contribution in [0, 0.1) is 0 Å². The van der Waals surface area contributed by atoms with E-state index in [9.17, 15) is 9.59 Å². The van der Waals surface area contributed by atoms with Crippen molar-refractivity contribution in [2.75, 3.05) is 31.5 Å². The number of fused-ring (bicyclic) bond motifs is 1. The van der Waals surface area contributed by atoms with E-state index in [1.54, 1.807) is 54.6 Å². The van der Waals surface area contributed by atoms with Crippen LogP contribution in [0.2, 0.25) is 0 Å². The Kier molecular flexibility index (Phi) is 6.45. The van der Waals surface area contributed by atoms with Gasteiger partial charge in [0.25, 0.3) is 11.8 Å². The molecule has 33 heavy (non-hydrogen) atoms. The monoisotopic (exact) mass is 446 g/mol. The molecule has 0 aliphatic heterocycles. The van der Waals surface area contributed by atoms with Crippen molar-refractivity contribution in [2.45, 2.75) is 0 Å². The standard InChI is InChI=1S/C25H22N2O6/c1-30-20-13-12-16(14-21(20)31-2)26-25(29)24-23(18-10-6-7-11-19(18)33-24)27-22(28)15-32-17-8-4-3-5-9-17/h3-14H,15H2,1-2H3,(H,26,29)(H,27,28). The van der Waals surface area contributed by atoms with Gasteiger partial charge in [0, 0.05) is 17.1 Å². The van der Waals surface area contributed by atoms with E-state index < -0.39 is 11.8 Å². The molecule has 0 unspecified atom stereocenters. The van der Waals surface area contributed by atoms with Gasteiger partial charge < -0.3 is 29.3 Å². The topological polar surface area (TPSA) is 99.0 Å². The number of furan rings is 1. The van der Waals surface area contributed by atoms with E-state index >= 15 is 0 Å². The SMILES string of the molecule is COc1ccc(NC(=O)c2oc3ccccc3c2NC(=O)COc2ccccc2)cc1OC.